The maximum atomic E-state index is 4.41. The first kappa shape index (κ1) is 13.5. The van der Waals surface area contributed by atoms with Crippen LogP contribution in [0.15, 0.2) is 21.2 Å². The van der Waals surface area contributed by atoms with Crippen molar-refractivity contribution >= 4 is 31.9 Å². The minimum atomic E-state index is 0.608. The second kappa shape index (κ2) is 5.81. The van der Waals surface area contributed by atoms with Crippen LogP contribution in [-0.4, -0.2) is 11.5 Å². The third kappa shape index (κ3) is 3.76. The summed E-state index contributed by atoms with van der Waals surface area (Å²) in [7, 11) is 0. The van der Waals surface area contributed by atoms with Crippen molar-refractivity contribution in [3.63, 3.8) is 0 Å². The number of aromatic nitrogens is 1. The molecule has 0 atom stereocenters. The molecule has 1 aromatic heterocycles. The molecular weight excluding hydrogens is 344 g/mol. The molecule has 0 radical (unpaired) electrons. The van der Waals surface area contributed by atoms with Crippen LogP contribution in [0.4, 0.5) is 0 Å². The minimum Gasteiger partial charge on any atom is -0.311 e. The zero-order valence-electron chi connectivity index (χ0n) is 10.1. The van der Waals surface area contributed by atoms with Crippen molar-refractivity contribution in [3.8, 4) is 0 Å². The molecule has 1 N–H and O–H groups in total. The van der Waals surface area contributed by atoms with E-state index in [1.807, 2.05) is 12.3 Å². The molecule has 1 aromatic rings. The highest BCUT2D eigenvalue weighted by Crippen LogP contribution is 2.48. The van der Waals surface area contributed by atoms with Gasteiger partial charge in [0.05, 0.1) is 5.69 Å². The lowest BCUT2D eigenvalue weighted by atomic mass is 10.0. The molecule has 17 heavy (non-hydrogen) atoms. The number of nitrogens with zero attached hydrogens (tertiary/aromatic N) is 1. The molecule has 0 spiro atoms. The highest BCUT2D eigenvalue weighted by atomic mass is 79.9. The van der Waals surface area contributed by atoms with Crippen LogP contribution in [0.2, 0.25) is 0 Å². The molecule has 2 rings (SSSR count). The molecule has 94 valence electrons. The van der Waals surface area contributed by atoms with Crippen LogP contribution in [0.3, 0.4) is 0 Å². The van der Waals surface area contributed by atoms with Crippen LogP contribution in [0.1, 0.15) is 38.3 Å². The maximum Gasteiger partial charge on any atom is 0.0684 e. The Morgan fingerprint density at radius 2 is 2.18 bits per heavy atom. The fourth-order valence-corrected chi connectivity index (χ4v) is 3.37. The molecule has 4 heteroatoms. The number of hydrogen-bond donors (Lipinski definition) is 1. The maximum absolute atomic E-state index is 4.41. The molecule has 0 aliphatic heterocycles. The van der Waals surface area contributed by atoms with E-state index in [-0.39, 0.29) is 0 Å². The molecule has 1 heterocycles. The second-order valence-corrected chi connectivity index (χ2v) is 6.71. The van der Waals surface area contributed by atoms with E-state index in [2.05, 4.69) is 49.1 Å². The molecule has 1 aliphatic rings. The van der Waals surface area contributed by atoms with E-state index in [1.54, 1.807) is 0 Å². The fraction of sp³-hybridized carbons (Fsp3) is 0.615. The summed E-state index contributed by atoms with van der Waals surface area (Å²) < 4.78 is 2.08. The lowest BCUT2D eigenvalue weighted by Gasteiger charge is -2.15. The molecule has 1 saturated carbocycles. The van der Waals surface area contributed by atoms with Gasteiger partial charge in [-0.3, -0.25) is 4.98 Å². The highest BCUT2D eigenvalue weighted by molar-refractivity contribution is 9.11. The Morgan fingerprint density at radius 3 is 2.76 bits per heavy atom. The molecule has 0 saturated heterocycles. The van der Waals surface area contributed by atoms with Crippen molar-refractivity contribution in [2.24, 2.45) is 5.41 Å². The quantitative estimate of drug-likeness (QED) is 0.818. The predicted octanol–water partition coefficient (Wildman–Crippen LogP) is 4.28. The topological polar surface area (TPSA) is 24.9 Å². The Bertz CT molecular complexity index is 389. The van der Waals surface area contributed by atoms with Crippen molar-refractivity contribution in [1.82, 2.24) is 10.3 Å². The minimum absolute atomic E-state index is 0.608. The van der Waals surface area contributed by atoms with Crippen LogP contribution < -0.4 is 5.32 Å². The Hall–Kier alpha value is 0.0700. The molecule has 2 nitrogen and oxygen atoms in total. The normalized spacial score (nSPS) is 17.1. The van der Waals surface area contributed by atoms with Crippen LogP contribution >= 0.6 is 31.9 Å². The van der Waals surface area contributed by atoms with Gasteiger partial charge < -0.3 is 5.32 Å². The van der Waals surface area contributed by atoms with Gasteiger partial charge in [-0.25, -0.2) is 0 Å². The van der Waals surface area contributed by atoms with E-state index in [4.69, 9.17) is 0 Å². The van der Waals surface area contributed by atoms with Gasteiger partial charge in [0.25, 0.3) is 0 Å². The summed E-state index contributed by atoms with van der Waals surface area (Å²) in [5.74, 6) is 0. The molecule has 1 aliphatic carbocycles. The zero-order chi connectivity index (χ0) is 12.3. The summed E-state index contributed by atoms with van der Waals surface area (Å²) in [5, 5.41) is 3.54. The SMILES string of the molecule is CCCC1(CNCc2ncc(Br)cc2Br)CC1. The fourth-order valence-electron chi connectivity index (χ4n) is 2.24. The Labute approximate surface area is 120 Å². The Morgan fingerprint density at radius 1 is 1.41 bits per heavy atom. The first-order valence-corrected chi connectivity index (χ1v) is 7.74. The van der Waals surface area contributed by atoms with E-state index < -0.39 is 0 Å². The van der Waals surface area contributed by atoms with Gasteiger partial charge in [-0.1, -0.05) is 13.3 Å². The third-order valence-corrected chi connectivity index (χ3v) is 4.53. The van der Waals surface area contributed by atoms with E-state index in [1.165, 1.54) is 25.7 Å². The summed E-state index contributed by atoms with van der Waals surface area (Å²) >= 11 is 6.96. The lowest BCUT2D eigenvalue weighted by Crippen LogP contribution is -2.24. The summed E-state index contributed by atoms with van der Waals surface area (Å²) in [6, 6.07) is 2.04. The summed E-state index contributed by atoms with van der Waals surface area (Å²) in [6.45, 7) is 4.25. The van der Waals surface area contributed by atoms with Crippen LogP contribution in [0, 0.1) is 5.41 Å². The van der Waals surface area contributed by atoms with Gasteiger partial charge in [-0.05, 0) is 62.6 Å². The van der Waals surface area contributed by atoms with E-state index >= 15 is 0 Å². The van der Waals surface area contributed by atoms with Crippen molar-refractivity contribution in [1.29, 1.82) is 0 Å². The van der Waals surface area contributed by atoms with E-state index in [0.29, 0.717) is 5.41 Å². The average molecular weight is 362 g/mol. The van der Waals surface area contributed by atoms with Crippen molar-refractivity contribution in [2.75, 3.05) is 6.54 Å². The van der Waals surface area contributed by atoms with Gasteiger partial charge in [0.1, 0.15) is 0 Å². The molecule has 1 fully saturated rings. The van der Waals surface area contributed by atoms with Crippen molar-refractivity contribution < 1.29 is 0 Å². The van der Waals surface area contributed by atoms with Gasteiger partial charge in [0.15, 0.2) is 0 Å². The molecule has 0 unspecified atom stereocenters. The molecular formula is C13H18Br2N2. The van der Waals surface area contributed by atoms with Gasteiger partial charge in [0.2, 0.25) is 0 Å². The number of nitrogens with one attached hydrogen (secondary N) is 1. The first-order valence-electron chi connectivity index (χ1n) is 6.16. The smallest absolute Gasteiger partial charge is 0.0684 e. The predicted molar refractivity (Wildman–Crippen MR) is 77.9 cm³/mol. The Kier molecular flexibility index (Phi) is 4.61. The summed E-state index contributed by atoms with van der Waals surface area (Å²) in [5.41, 5.74) is 1.69. The van der Waals surface area contributed by atoms with Crippen LogP contribution in [0.25, 0.3) is 0 Å². The second-order valence-electron chi connectivity index (χ2n) is 4.94. The summed E-state index contributed by atoms with van der Waals surface area (Å²) in [4.78, 5) is 4.41. The standard InChI is InChI=1S/C13H18Br2N2/c1-2-3-13(4-5-13)9-16-8-12-11(15)6-10(14)7-17-12/h6-7,16H,2-5,8-9H2,1H3. The van der Waals surface area contributed by atoms with Crippen LogP contribution in [0.5, 0.6) is 0 Å². The Balaban J connectivity index is 1.82. The van der Waals surface area contributed by atoms with Gasteiger partial charge >= 0.3 is 0 Å². The van der Waals surface area contributed by atoms with Gasteiger partial charge in [-0.2, -0.15) is 0 Å². The number of halogens is 2. The number of pyridine rings is 1. The lowest BCUT2D eigenvalue weighted by molar-refractivity contribution is 0.419. The van der Waals surface area contributed by atoms with Gasteiger partial charge in [-0.15, -0.1) is 0 Å². The summed E-state index contributed by atoms with van der Waals surface area (Å²) in [6.07, 6.45) is 7.28. The van der Waals surface area contributed by atoms with Gasteiger partial charge in [0, 0.05) is 28.2 Å². The van der Waals surface area contributed by atoms with Crippen LogP contribution in [-0.2, 0) is 6.54 Å². The van der Waals surface area contributed by atoms with E-state index in [9.17, 15) is 0 Å². The van der Waals surface area contributed by atoms with Crippen molar-refractivity contribution in [3.05, 3.63) is 26.9 Å². The number of hydrogen-bond acceptors (Lipinski definition) is 2. The largest absolute Gasteiger partial charge is 0.311 e. The molecule has 0 bridgehead atoms. The average Bonchev–Trinajstić information content (AvgIpc) is 3.02. The highest BCUT2D eigenvalue weighted by Gasteiger charge is 2.40. The monoisotopic (exact) mass is 360 g/mol. The number of rotatable bonds is 6. The first-order chi connectivity index (χ1) is 8.15. The third-order valence-electron chi connectivity index (χ3n) is 3.41. The zero-order valence-corrected chi connectivity index (χ0v) is 13.3. The van der Waals surface area contributed by atoms with Crippen molar-refractivity contribution in [2.45, 2.75) is 39.2 Å². The molecule has 0 aromatic carbocycles. The van der Waals surface area contributed by atoms with E-state index in [0.717, 1.165) is 27.7 Å². The molecule has 0 amide bonds.